The molecular weight excluding hydrogens is 364 g/mol. The smallest absolute Gasteiger partial charge is 0.331 e. The van der Waals surface area contributed by atoms with Gasteiger partial charge in [0.05, 0.1) is 10.7 Å². The maximum absolute atomic E-state index is 12.9. The third-order valence-corrected chi connectivity index (χ3v) is 5.71. The van der Waals surface area contributed by atoms with Crippen molar-refractivity contribution in [2.24, 2.45) is 10.4 Å². The van der Waals surface area contributed by atoms with Gasteiger partial charge in [0.25, 0.3) is 0 Å². The molecule has 2 heterocycles. The van der Waals surface area contributed by atoms with Crippen LogP contribution in [0.5, 0.6) is 0 Å². The van der Waals surface area contributed by atoms with Gasteiger partial charge in [-0.05, 0) is 25.0 Å². The monoisotopic (exact) mass is 390 g/mol. The van der Waals surface area contributed by atoms with E-state index in [0.29, 0.717) is 37.0 Å². The molecule has 1 aromatic carbocycles. The molecule has 0 unspecified atom stereocenters. The lowest BCUT2D eigenvalue weighted by Gasteiger charge is -2.46. The Morgan fingerprint density at radius 2 is 1.81 bits per heavy atom. The van der Waals surface area contributed by atoms with Crippen LogP contribution in [-0.4, -0.2) is 36.0 Å². The molecule has 1 N–H and O–H groups in total. The van der Waals surface area contributed by atoms with Crippen molar-refractivity contribution in [2.75, 3.05) is 18.2 Å². The third-order valence-electron chi connectivity index (χ3n) is 5.39. The van der Waals surface area contributed by atoms with E-state index >= 15 is 0 Å². The molecular formula is C20H27ClN4O2. The lowest BCUT2D eigenvalue weighted by Crippen LogP contribution is -2.67. The number of amides is 3. The molecule has 0 atom stereocenters. The Bertz CT molecular complexity index is 741. The predicted molar refractivity (Wildman–Crippen MR) is 108 cm³/mol. The molecule has 146 valence electrons. The summed E-state index contributed by atoms with van der Waals surface area (Å²) in [5.41, 5.74) is 0.117. The second kappa shape index (κ2) is 8.30. The SMILES string of the molecule is CCCCC1(CCCC)C(=O)NC(=O)N2CN(c3ccccc3Cl)CN=C21. The highest BCUT2D eigenvalue weighted by Crippen LogP contribution is 2.39. The summed E-state index contributed by atoms with van der Waals surface area (Å²) < 4.78 is 0. The van der Waals surface area contributed by atoms with Crippen LogP contribution in [0.4, 0.5) is 10.5 Å². The lowest BCUT2D eigenvalue weighted by molar-refractivity contribution is -0.128. The van der Waals surface area contributed by atoms with Gasteiger partial charge in [-0.3, -0.25) is 15.0 Å². The van der Waals surface area contributed by atoms with Gasteiger partial charge < -0.3 is 4.90 Å². The van der Waals surface area contributed by atoms with Gasteiger partial charge in [-0.2, -0.15) is 0 Å². The lowest BCUT2D eigenvalue weighted by atomic mass is 9.74. The van der Waals surface area contributed by atoms with Gasteiger partial charge in [0, 0.05) is 0 Å². The molecule has 0 aromatic heterocycles. The van der Waals surface area contributed by atoms with Crippen molar-refractivity contribution >= 4 is 35.1 Å². The molecule has 0 saturated carbocycles. The third kappa shape index (κ3) is 3.68. The number of fused-ring (bicyclic) bond motifs is 1. The maximum Gasteiger partial charge on any atom is 0.331 e. The number of unbranched alkanes of at least 4 members (excludes halogenated alkanes) is 2. The highest BCUT2D eigenvalue weighted by atomic mass is 35.5. The average Bonchev–Trinajstić information content (AvgIpc) is 2.68. The number of rotatable bonds is 7. The minimum absolute atomic E-state index is 0.199. The number of benzene rings is 1. The zero-order valence-electron chi connectivity index (χ0n) is 16.0. The first kappa shape index (κ1) is 19.7. The molecule has 2 aliphatic heterocycles. The van der Waals surface area contributed by atoms with Crippen LogP contribution in [0.2, 0.25) is 5.02 Å². The molecule has 0 bridgehead atoms. The van der Waals surface area contributed by atoms with Crippen molar-refractivity contribution in [1.29, 1.82) is 0 Å². The van der Waals surface area contributed by atoms with Crippen LogP contribution in [0.15, 0.2) is 29.3 Å². The molecule has 0 aliphatic carbocycles. The van der Waals surface area contributed by atoms with E-state index in [-0.39, 0.29) is 5.91 Å². The molecule has 1 fully saturated rings. The van der Waals surface area contributed by atoms with E-state index in [1.54, 1.807) is 4.90 Å². The second-order valence-corrected chi connectivity index (χ2v) is 7.64. The number of carbonyl (C=O) groups is 2. The van der Waals surface area contributed by atoms with Crippen molar-refractivity contribution < 1.29 is 9.59 Å². The number of para-hydroxylation sites is 1. The number of halogens is 1. The van der Waals surface area contributed by atoms with E-state index in [1.165, 1.54) is 0 Å². The van der Waals surface area contributed by atoms with E-state index in [2.05, 4.69) is 19.2 Å². The zero-order chi connectivity index (χ0) is 19.4. The van der Waals surface area contributed by atoms with Gasteiger partial charge in [-0.25, -0.2) is 9.79 Å². The predicted octanol–water partition coefficient (Wildman–Crippen LogP) is 4.39. The van der Waals surface area contributed by atoms with Crippen LogP contribution in [-0.2, 0) is 4.79 Å². The molecule has 1 saturated heterocycles. The van der Waals surface area contributed by atoms with Crippen LogP contribution >= 0.6 is 11.6 Å². The van der Waals surface area contributed by atoms with Gasteiger partial charge in [-0.1, -0.05) is 63.3 Å². The first-order valence-corrected chi connectivity index (χ1v) is 10.1. The quantitative estimate of drug-likeness (QED) is 0.750. The summed E-state index contributed by atoms with van der Waals surface area (Å²) in [6, 6.07) is 7.11. The van der Waals surface area contributed by atoms with Crippen LogP contribution in [0.25, 0.3) is 0 Å². The number of nitrogens with one attached hydrogen (secondary N) is 1. The summed E-state index contributed by atoms with van der Waals surface area (Å²) in [6.45, 7) is 4.94. The maximum atomic E-state index is 12.9. The Balaban J connectivity index is 1.97. The molecule has 6 nitrogen and oxygen atoms in total. The van der Waals surface area contributed by atoms with E-state index in [0.717, 1.165) is 31.4 Å². The first-order chi connectivity index (χ1) is 13.0. The molecule has 0 spiro atoms. The van der Waals surface area contributed by atoms with E-state index in [1.807, 2.05) is 29.2 Å². The van der Waals surface area contributed by atoms with Gasteiger partial charge in [0.1, 0.15) is 24.6 Å². The highest BCUT2D eigenvalue weighted by molar-refractivity contribution is 6.33. The Labute approximate surface area is 165 Å². The fourth-order valence-electron chi connectivity index (χ4n) is 3.87. The number of urea groups is 1. The summed E-state index contributed by atoms with van der Waals surface area (Å²) in [5.74, 6) is 0.428. The van der Waals surface area contributed by atoms with Gasteiger partial charge >= 0.3 is 6.03 Å². The fourth-order valence-corrected chi connectivity index (χ4v) is 4.12. The van der Waals surface area contributed by atoms with Gasteiger partial charge in [0.15, 0.2) is 0 Å². The van der Waals surface area contributed by atoms with E-state index in [9.17, 15) is 9.59 Å². The number of anilines is 1. The van der Waals surface area contributed by atoms with Crippen molar-refractivity contribution in [3.8, 4) is 0 Å². The minimum atomic E-state index is -0.716. The first-order valence-electron chi connectivity index (χ1n) is 9.71. The Morgan fingerprint density at radius 3 is 2.44 bits per heavy atom. The standard InChI is InChI=1S/C20H27ClN4O2/c1-3-5-11-20(12-6-4-2)17-22-13-24(16-10-8-7-9-15(16)21)14-25(17)19(27)23-18(20)26/h7-10H,3-6,11-14H2,1-2H3,(H,23,26,27). The highest BCUT2D eigenvalue weighted by Gasteiger charge is 2.52. The topological polar surface area (TPSA) is 65.0 Å². The molecule has 3 amide bonds. The number of hydrogen-bond acceptors (Lipinski definition) is 4. The van der Waals surface area contributed by atoms with Crippen LogP contribution in [0, 0.1) is 5.41 Å². The molecule has 2 aliphatic rings. The van der Waals surface area contributed by atoms with Crippen molar-refractivity contribution in [2.45, 2.75) is 52.4 Å². The Hall–Kier alpha value is -2.08. The normalized spacial score (nSPS) is 18.9. The summed E-state index contributed by atoms with van der Waals surface area (Å²) >= 11 is 6.32. The summed E-state index contributed by atoms with van der Waals surface area (Å²) in [4.78, 5) is 33.8. The number of amidine groups is 1. The van der Waals surface area contributed by atoms with Crippen LogP contribution in [0.1, 0.15) is 52.4 Å². The number of nitrogens with zero attached hydrogens (tertiary/aromatic N) is 3. The zero-order valence-corrected chi connectivity index (χ0v) is 16.8. The Morgan fingerprint density at radius 1 is 1.15 bits per heavy atom. The average molecular weight is 391 g/mol. The minimum Gasteiger partial charge on any atom is -0.332 e. The number of aliphatic imine (C=N–C) groups is 1. The molecule has 1 aromatic rings. The van der Waals surface area contributed by atoms with Crippen molar-refractivity contribution in [1.82, 2.24) is 10.2 Å². The Kier molecular flexibility index (Phi) is 6.05. The van der Waals surface area contributed by atoms with Gasteiger partial charge in [-0.15, -0.1) is 0 Å². The largest absolute Gasteiger partial charge is 0.332 e. The fraction of sp³-hybridized carbons (Fsp3) is 0.550. The number of hydrogen-bond donors (Lipinski definition) is 1. The molecule has 3 rings (SSSR count). The van der Waals surface area contributed by atoms with E-state index < -0.39 is 11.4 Å². The second-order valence-electron chi connectivity index (χ2n) is 7.23. The van der Waals surface area contributed by atoms with Crippen molar-refractivity contribution in [3.05, 3.63) is 29.3 Å². The molecule has 0 radical (unpaired) electrons. The summed E-state index contributed by atoms with van der Waals surface area (Å²) in [5, 5.41) is 3.20. The molecule has 27 heavy (non-hydrogen) atoms. The van der Waals surface area contributed by atoms with Crippen LogP contribution < -0.4 is 10.2 Å². The number of imide groups is 1. The summed E-state index contributed by atoms with van der Waals surface area (Å²) in [7, 11) is 0. The van der Waals surface area contributed by atoms with Gasteiger partial charge in [0.2, 0.25) is 5.91 Å². The summed E-state index contributed by atoms with van der Waals surface area (Å²) in [6.07, 6.45) is 5.26. The molecule has 7 heteroatoms. The number of carbonyl (C=O) groups excluding carboxylic acids is 2. The van der Waals surface area contributed by atoms with E-state index in [4.69, 9.17) is 16.6 Å². The van der Waals surface area contributed by atoms with Crippen molar-refractivity contribution in [3.63, 3.8) is 0 Å². The van der Waals surface area contributed by atoms with Crippen LogP contribution in [0.3, 0.4) is 0 Å².